The van der Waals surface area contributed by atoms with Gasteiger partial charge in [0.1, 0.15) is 22.8 Å². The molecule has 0 unspecified atom stereocenters. The second-order valence-corrected chi connectivity index (χ2v) is 7.77. The van der Waals surface area contributed by atoms with E-state index in [1.165, 1.54) is 23.3 Å². The fraction of sp³-hybridized carbons (Fsp3) is 0.0417. The number of halogens is 1. The van der Waals surface area contributed by atoms with Crippen molar-refractivity contribution in [2.75, 3.05) is 5.32 Å². The van der Waals surface area contributed by atoms with Crippen LogP contribution in [-0.4, -0.2) is 15.0 Å². The van der Waals surface area contributed by atoms with E-state index in [1.54, 1.807) is 29.8 Å². The van der Waals surface area contributed by atoms with Crippen LogP contribution in [0.3, 0.4) is 0 Å². The van der Waals surface area contributed by atoms with Gasteiger partial charge in [0, 0.05) is 29.0 Å². The van der Waals surface area contributed by atoms with Crippen molar-refractivity contribution in [1.82, 2.24) is 15.0 Å². The molecular formula is C24H17FN4S. The maximum Gasteiger partial charge on any atom is 0.143 e. The molecule has 0 radical (unpaired) electrons. The summed E-state index contributed by atoms with van der Waals surface area (Å²) >= 11 is 1.55. The zero-order valence-corrected chi connectivity index (χ0v) is 16.7. The van der Waals surface area contributed by atoms with E-state index < -0.39 is 0 Å². The van der Waals surface area contributed by atoms with Crippen LogP contribution in [-0.2, 0) is 6.42 Å². The van der Waals surface area contributed by atoms with Gasteiger partial charge in [-0.05, 0) is 59.5 Å². The summed E-state index contributed by atoms with van der Waals surface area (Å²) in [4.78, 5) is 13.8. The number of benzene rings is 2. The Labute approximate surface area is 177 Å². The molecule has 0 bridgehead atoms. The van der Waals surface area contributed by atoms with Crippen LogP contribution in [0.5, 0.6) is 0 Å². The van der Waals surface area contributed by atoms with Crippen molar-refractivity contribution in [3.63, 3.8) is 0 Å². The van der Waals surface area contributed by atoms with Crippen molar-refractivity contribution in [2.24, 2.45) is 0 Å². The highest BCUT2D eigenvalue weighted by Gasteiger charge is 2.13. The highest BCUT2D eigenvalue weighted by molar-refractivity contribution is 7.17. The van der Waals surface area contributed by atoms with Gasteiger partial charge in [0.2, 0.25) is 0 Å². The fourth-order valence-electron chi connectivity index (χ4n) is 3.39. The van der Waals surface area contributed by atoms with Gasteiger partial charge in [-0.3, -0.25) is 4.98 Å². The minimum atomic E-state index is -0.250. The van der Waals surface area contributed by atoms with Crippen molar-refractivity contribution >= 4 is 33.1 Å². The van der Waals surface area contributed by atoms with Crippen LogP contribution >= 0.6 is 11.3 Å². The predicted octanol–water partition coefficient (Wildman–Crippen LogP) is 6.23. The number of nitrogens with one attached hydrogen (secondary N) is 1. The number of rotatable bonds is 5. The largest absolute Gasteiger partial charge is 0.340 e. The van der Waals surface area contributed by atoms with Gasteiger partial charge in [-0.25, -0.2) is 14.4 Å². The molecule has 0 spiro atoms. The molecule has 1 N–H and O–H groups in total. The third kappa shape index (κ3) is 3.77. The molecule has 5 aromatic rings. The number of pyridine rings is 1. The molecule has 0 fully saturated rings. The van der Waals surface area contributed by atoms with Gasteiger partial charge in [0.25, 0.3) is 0 Å². The van der Waals surface area contributed by atoms with Crippen LogP contribution < -0.4 is 5.32 Å². The smallest absolute Gasteiger partial charge is 0.143 e. The van der Waals surface area contributed by atoms with E-state index in [0.717, 1.165) is 39.3 Å². The summed E-state index contributed by atoms with van der Waals surface area (Å²) in [6.45, 7) is 0. The summed E-state index contributed by atoms with van der Waals surface area (Å²) in [6, 6.07) is 18.9. The molecule has 0 aliphatic rings. The van der Waals surface area contributed by atoms with Crippen LogP contribution in [0.25, 0.3) is 21.3 Å². The van der Waals surface area contributed by atoms with Crippen molar-refractivity contribution in [2.45, 2.75) is 6.42 Å². The molecule has 0 saturated heterocycles. The lowest BCUT2D eigenvalue weighted by Gasteiger charge is -2.09. The summed E-state index contributed by atoms with van der Waals surface area (Å²) in [5.74, 6) is 0.488. The Morgan fingerprint density at radius 3 is 2.33 bits per heavy atom. The van der Waals surface area contributed by atoms with Crippen LogP contribution in [0.4, 0.5) is 15.9 Å². The molecule has 2 aromatic carbocycles. The van der Waals surface area contributed by atoms with E-state index in [2.05, 4.69) is 44.5 Å². The first-order valence-electron chi connectivity index (χ1n) is 9.49. The molecule has 3 heterocycles. The maximum absolute atomic E-state index is 13.3. The van der Waals surface area contributed by atoms with Crippen LogP contribution in [0.15, 0.2) is 84.8 Å². The van der Waals surface area contributed by atoms with E-state index in [4.69, 9.17) is 0 Å². The van der Waals surface area contributed by atoms with Crippen LogP contribution in [0.1, 0.15) is 11.1 Å². The Morgan fingerprint density at radius 1 is 0.833 bits per heavy atom. The van der Waals surface area contributed by atoms with Gasteiger partial charge in [-0.2, -0.15) is 0 Å². The topological polar surface area (TPSA) is 50.7 Å². The first-order valence-corrected chi connectivity index (χ1v) is 10.4. The third-order valence-electron chi connectivity index (χ3n) is 4.90. The lowest BCUT2D eigenvalue weighted by atomic mass is 10.1. The summed E-state index contributed by atoms with van der Waals surface area (Å²) in [7, 11) is 0. The number of hydrogen-bond acceptors (Lipinski definition) is 5. The van der Waals surface area contributed by atoms with Crippen LogP contribution in [0.2, 0.25) is 0 Å². The molecule has 0 amide bonds. The Kier molecular flexibility index (Phi) is 4.91. The van der Waals surface area contributed by atoms with E-state index >= 15 is 0 Å². The van der Waals surface area contributed by atoms with Gasteiger partial charge < -0.3 is 5.32 Å². The number of anilines is 2. The van der Waals surface area contributed by atoms with E-state index in [0.29, 0.717) is 0 Å². The minimum absolute atomic E-state index is 0.250. The summed E-state index contributed by atoms with van der Waals surface area (Å²) in [5.41, 5.74) is 5.33. The van der Waals surface area contributed by atoms with E-state index in [1.807, 2.05) is 29.9 Å². The second-order valence-electron chi connectivity index (χ2n) is 6.91. The average molecular weight is 412 g/mol. The molecule has 0 aliphatic carbocycles. The average Bonchev–Trinajstić information content (AvgIpc) is 3.22. The fourth-order valence-corrected chi connectivity index (χ4v) is 4.31. The highest BCUT2D eigenvalue weighted by Crippen LogP contribution is 2.37. The van der Waals surface area contributed by atoms with Gasteiger partial charge in [-0.15, -0.1) is 11.3 Å². The van der Waals surface area contributed by atoms with Crippen molar-refractivity contribution in [3.8, 4) is 11.1 Å². The zero-order chi connectivity index (χ0) is 20.3. The Morgan fingerprint density at radius 2 is 1.57 bits per heavy atom. The minimum Gasteiger partial charge on any atom is -0.340 e. The standard InChI is InChI=1S/C24H17FN4S/c25-19-5-3-18(4-6-19)21-14-30-24-22(21)23(27-15-28-24)29-20-7-1-16(2-8-20)13-17-9-11-26-12-10-17/h1-12,14-15H,13H2,(H,27,28,29). The number of fused-ring (bicyclic) bond motifs is 1. The number of nitrogens with zero attached hydrogens (tertiary/aromatic N) is 3. The number of hydrogen-bond donors (Lipinski definition) is 1. The van der Waals surface area contributed by atoms with Crippen molar-refractivity contribution in [1.29, 1.82) is 0 Å². The maximum atomic E-state index is 13.3. The monoisotopic (exact) mass is 412 g/mol. The van der Waals surface area contributed by atoms with Crippen molar-refractivity contribution < 1.29 is 4.39 Å². The Balaban J connectivity index is 1.44. The molecule has 146 valence electrons. The van der Waals surface area contributed by atoms with Crippen molar-refractivity contribution in [3.05, 3.63) is 102 Å². The molecule has 0 saturated carbocycles. The first kappa shape index (κ1) is 18.4. The normalized spacial score (nSPS) is 11.0. The molecule has 3 aromatic heterocycles. The van der Waals surface area contributed by atoms with Gasteiger partial charge in [-0.1, -0.05) is 24.3 Å². The highest BCUT2D eigenvalue weighted by atomic mass is 32.1. The molecule has 0 atom stereocenters. The SMILES string of the molecule is Fc1ccc(-c2csc3ncnc(Nc4ccc(Cc5ccncc5)cc4)c23)cc1. The number of aromatic nitrogens is 3. The second kappa shape index (κ2) is 8.00. The first-order chi connectivity index (χ1) is 14.8. The van der Waals surface area contributed by atoms with Gasteiger partial charge >= 0.3 is 0 Å². The predicted molar refractivity (Wildman–Crippen MR) is 120 cm³/mol. The lowest BCUT2D eigenvalue weighted by molar-refractivity contribution is 0.628. The molecule has 6 heteroatoms. The van der Waals surface area contributed by atoms with E-state index in [9.17, 15) is 4.39 Å². The van der Waals surface area contributed by atoms with Crippen LogP contribution in [0, 0.1) is 5.82 Å². The molecule has 0 aliphatic heterocycles. The third-order valence-corrected chi connectivity index (χ3v) is 5.79. The lowest BCUT2D eigenvalue weighted by Crippen LogP contribution is -1.96. The Hall–Kier alpha value is -3.64. The number of thiophene rings is 1. The van der Waals surface area contributed by atoms with E-state index in [-0.39, 0.29) is 5.82 Å². The quantitative estimate of drug-likeness (QED) is 0.372. The summed E-state index contributed by atoms with van der Waals surface area (Å²) < 4.78 is 13.3. The van der Waals surface area contributed by atoms with Gasteiger partial charge in [0.05, 0.1) is 5.39 Å². The molecule has 4 nitrogen and oxygen atoms in total. The molecular weight excluding hydrogens is 395 g/mol. The Bertz CT molecular complexity index is 1280. The molecule has 30 heavy (non-hydrogen) atoms. The summed E-state index contributed by atoms with van der Waals surface area (Å²) in [5, 5.41) is 6.39. The molecule has 5 rings (SSSR count). The zero-order valence-electron chi connectivity index (χ0n) is 15.9. The van der Waals surface area contributed by atoms with Gasteiger partial charge in [0.15, 0.2) is 0 Å². The summed E-state index contributed by atoms with van der Waals surface area (Å²) in [6.07, 6.45) is 6.05.